The molecule has 1 N–H and O–H groups in total. The fourth-order valence-electron chi connectivity index (χ4n) is 2.20. The lowest BCUT2D eigenvalue weighted by atomic mass is 10.1. The first-order chi connectivity index (χ1) is 11.0. The Morgan fingerprint density at radius 3 is 2.91 bits per heavy atom. The van der Waals surface area contributed by atoms with Crippen molar-refractivity contribution in [3.63, 3.8) is 0 Å². The minimum atomic E-state index is -0.426. The van der Waals surface area contributed by atoms with Crippen LogP contribution in [0.1, 0.15) is 17.4 Å². The van der Waals surface area contributed by atoms with Gasteiger partial charge < -0.3 is 0 Å². The van der Waals surface area contributed by atoms with E-state index >= 15 is 0 Å². The molecular formula is C14H12N4O3S2. The molecule has 2 aromatic rings. The van der Waals surface area contributed by atoms with E-state index in [4.69, 9.17) is 5.41 Å². The number of carbonyl (C=O) groups excluding carboxylic acids is 1. The maximum Gasteiger partial charge on any atom is 0.269 e. The van der Waals surface area contributed by atoms with Crippen molar-refractivity contribution in [2.24, 2.45) is 0 Å². The van der Waals surface area contributed by atoms with Gasteiger partial charge in [0, 0.05) is 29.6 Å². The summed E-state index contributed by atoms with van der Waals surface area (Å²) in [5, 5.41) is 19.1. The van der Waals surface area contributed by atoms with Gasteiger partial charge in [0.25, 0.3) is 5.69 Å². The number of amidine groups is 1. The van der Waals surface area contributed by atoms with Gasteiger partial charge in [-0.05, 0) is 12.5 Å². The number of amides is 1. The summed E-state index contributed by atoms with van der Waals surface area (Å²) in [6.07, 6.45) is 2.14. The molecule has 118 valence electrons. The second kappa shape index (κ2) is 6.09. The second-order valence-corrected chi connectivity index (χ2v) is 7.37. The number of aromatic nitrogens is 1. The monoisotopic (exact) mass is 348 g/mol. The lowest BCUT2D eigenvalue weighted by Gasteiger charge is -2.10. The number of thioether (sulfide) groups is 1. The fourth-order valence-corrected chi connectivity index (χ4v) is 4.03. The molecule has 0 spiro atoms. The molecule has 0 saturated carbocycles. The third-order valence-corrected chi connectivity index (χ3v) is 5.24. The Morgan fingerprint density at radius 1 is 1.48 bits per heavy atom. The summed E-state index contributed by atoms with van der Waals surface area (Å²) in [6, 6.07) is 6.44. The number of hydrogen-bond acceptors (Lipinski definition) is 7. The standard InChI is InChI=1S/C14H12N4O3S2/c1-8-12(19)17(13(15)22-8)14-16-7-11(23-14)6-9-3-2-4-10(5-9)18(20)21/h2-5,7-8,15H,6H2,1H3. The molecule has 1 fully saturated rings. The molecule has 0 bridgehead atoms. The van der Waals surface area contributed by atoms with E-state index in [1.54, 1.807) is 19.2 Å². The molecular weight excluding hydrogens is 336 g/mol. The second-order valence-electron chi connectivity index (χ2n) is 4.95. The first kappa shape index (κ1) is 15.6. The van der Waals surface area contributed by atoms with E-state index in [-0.39, 0.29) is 22.0 Å². The lowest BCUT2D eigenvalue weighted by Crippen LogP contribution is -2.30. The number of non-ortho nitro benzene ring substituents is 1. The molecule has 0 aliphatic carbocycles. The lowest BCUT2D eigenvalue weighted by molar-refractivity contribution is -0.384. The highest BCUT2D eigenvalue weighted by Crippen LogP contribution is 2.34. The zero-order chi connectivity index (χ0) is 16.6. The smallest absolute Gasteiger partial charge is 0.269 e. The van der Waals surface area contributed by atoms with Crippen molar-refractivity contribution >= 4 is 45.0 Å². The average Bonchev–Trinajstić information content (AvgIpc) is 3.04. The molecule has 2 heterocycles. The minimum absolute atomic E-state index is 0.0500. The minimum Gasteiger partial charge on any atom is -0.278 e. The van der Waals surface area contributed by atoms with Crippen LogP contribution >= 0.6 is 23.1 Å². The first-order valence-corrected chi connectivity index (χ1v) is 8.42. The number of carbonyl (C=O) groups is 1. The van der Waals surface area contributed by atoms with Crippen LogP contribution in [0.15, 0.2) is 30.5 Å². The van der Waals surface area contributed by atoms with E-state index in [9.17, 15) is 14.9 Å². The van der Waals surface area contributed by atoms with Crippen molar-refractivity contribution in [2.45, 2.75) is 18.6 Å². The van der Waals surface area contributed by atoms with Crippen LogP contribution in [0.3, 0.4) is 0 Å². The molecule has 1 amide bonds. The van der Waals surface area contributed by atoms with Gasteiger partial charge in [-0.1, -0.05) is 23.9 Å². The summed E-state index contributed by atoms with van der Waals surface area (Å²) in [5.74, 6) is -0.142. The van der Waals surface area contributed by atoms with Crippen LogP contribution in [-0.2, 0) is 11.2 Å². The van der Waals surface area contributed by atoms with Gasteiger partial charge >= 0.3 is 0 Å². The van der Waals surface area contributed by atoms with E-state index in [2.05, 4.69) is 4.98 Å². The van der Waals surface area contributed by atoms with Gasteiger partial charge in [0.1, 0.15) is 0 Å². The Labute approximate surface area is 140 Å². The van der Waals surface area contributed by atoms with Crippen LogP contribution in [-0.4, -0.2) is 26.2 Å². The molecule has 0 radical (unpaired) electrons. The average molecular weight is 348 g/mol. The van der Waals surface area contributed by atoms with Crippen molar-refractivity contribution in [2.75, 3.05) is 4.90 Å². The Bertz CT molecular complexity index is 805. The summed E-state index contributed by atoms with van der Waals surface area (Å²) < 4.78 is 0. The van der Waals surface area contributed by atoms with Crippen LogP contribution in [0.2, 0.25) is 0 Å². The van der Waals surface area contributed by atoms with Gasteiger partial charge in [0.05, 0.1) is 10.2 Å². The molecule has 1 unspecified atom stereocenters. The fraction of sp³-hybridized carbons (Fsp3) is 0.214. The first-order valence-electron chi connectivity index (χ1n) is 6.73. The number of nitro benzene ring substituents is 1. The molecule has 1 aromatic heterocycles. The topological polar surface area (TPSA) is 100 Å². The third kappa shape index (κ3) is 3.10. The van der Waals surface area contributed by atoms with Gasteiger partial charge in [-0.25, -0.2) is 9.88 Å². The Balaban J connectivity index is 1.80. The van der Waals surface area contributed by atoms with Crippen LogP contribution in [0, 0.1) is 15.5 Å². The van der Waals surface area contributed by atoms with Crippen molar-refractivity contribution in [1.29, 1.82) is 5.41 Å². The predicted molar refractivity (Wildman–Crippen MR) is 90.3 cm³/mol. The highest BCUT2D eigenvalue weighted by atomic mass is 32.2. The summed E-state index contributed by atoms with van der Waals surface area (Å²) in [5.41, 5.74) is 0.855. The Hall–Kier alpha value is -2.26. The highest BCUT2D eigenvalue weighted by molar-refractivity contribution is 8.16. The zero-order valence-corrected chi connectivity index (χ0v) is 13.7. The van der Waals surface area contributed by atoms with Crippen molar-refractivity contribution < 1.29 is 9.72 Å². The number of nitrogens with one attached hydrogen (secondary N) is 1. The maximum atomic E-state index is 12.1. The van der Waals surface area contributed by atoms with Gasteiger partial charge in [-0.3, -0.25) is 20.3 Å². The number of benzene rings is 1. The zero-order valence-electron chi connectivity index (χ0n) is 12.1. The molecule has 1 aromatic carbocycles. The largest absolute Gasteiger partial charge is 0.278 e. The number of anilines is 1. The van der Waals surface area contributed by atoms with Crippen LogP contribution < -0.4 is 4.90 Å². The Kier molecular flexibility index (Phi) is 4.14. The molecule has 3 rings (SSSR count). The molecule has 23 heavy (non-hydrogen) atoms. The Morgan fingerprint density at radius 2 is 2.26 bits per heavy atom. The van der Waals surface area contributed by atoms with Gasteiger partial charge in [0.15, 0.2) is 10.3 Å². The van der Waals surface area contributed by atoms with Gasteiger partial charge in [-0.2, -0.15) is 0 Å². The van der Waals surface area contributed by atoms with E-state index < -0.39 is 4.92 Å². The molecule has 9 heteroatoms. The SMILES string of the molecule is CC1SC(=N)N(c2ncc(Cc3cccc([N+](=O)[O-])c3)s2)C1=O. The number of rotatable bonds is 4. The van der Waals surface area contributed by atoms with Gasteiger partial charge in [-0.15, -0.1) is 11.3 Å². The third-order valence-electron chi connectivity index (χ3n) is 3.29. The van der Waals surface area contributed by atoms with E-state index in [0.29, 0.717) is 11.6 Å². The molecule has 1 aliphatic rings. The van der Waals surface area contributed by atoms with E-state index in [0.717, 1.165) is 10.4 Å². The van der Waals surface area contributed by atoms with Crippen LogP contribution in [0.5, 0.6) is 0 Å². The van der Waals surface area contributed by atoms with Crippen molar-refractivity contribution in [3.8, 4) is 0 Å². The maximum absolute atomic E-state index is 12.1. The number of nitrogens with zero attached hydrogens (tertiary/aromatic N) is 3. The van der Waals surface area contributed by atoms with Crippen LogP contribution in [0.4, 0.5) is 10.8 Å². The summed E-state index contributed by atoms with van der Waals surface area (Å²) in [4.78, 5) is 28.9. The summed E-state index contributed by atoms with van der Waals surface area (Å²) >= 11 is 2.52. The summed E-state index contributed by atoms with van der Waals surface area (Å²) in [7, 11) is 0. The normalized spacial score (nSPS) is 17.8. The molecule has 1 atom stereocenters. The van der Waals surface area contributed by atoms with E-state index in [1.165, 1.54) is 40.1 Å². The van der Waals surface area contributed by atoms with Crippen molar-refractivity contribution in [1.82, 2.24) is 4.98 Å². The number of thiazole rings is 1. The molecule has 1 saturated heterocycles. The quantitative estimate of drug-likeness (QED) is 0.676. The number of hydrogen-bond donors (Lipinski definition) is 1. The van der Waals surface area contributed by atoms with Gasteiger partial charge in [0.2, 0.25) is 5.91 Å². The van der Waals surface area contributed by atoms with Crippen molar-refractivity contribution in [3.05, 3.63) is 51.0 Å². The molecule has 1 aliphatic heterocycles. The predicted octanol–water partition coefficient (Wildman–Crippen LogP) is 3.05. The highest BCUT2D eigenvalue weighted by Gasteiger charge is 2.36. The summed E-state index contributed by atoms with van der Waals surface area (Å²) in [6.45, 7) is 1.76. The molecule has 7 nitrogen and oxygen atoms in total. The number of nitro groups is 1. The van der Waals surface area contributed by atoms with Crippen LogP contribution in [0.25, 0.3) is 0 Å². The van der Waals surface area contributed by atoms with E-state index in [1.807, 2.05) is 6.07 Å².